The van der Waals surface area contributed by atoms with Gasteiger partial charge in [-0.1, -0.05) is 0 Å². The Morgan fingerprint density at radius 2 is 0.633 bits per heavy atom. The van der Waals surface area contributed by atoms with Gasteiger partial charge in [-0.15, -0.1) is 0 Å². The van der Waals surface area contributed by atoms with Crippen molar-refractivity contribution >= 4 is 35.8 Å². The third kappa shape index (κ3) is 22.7. The largest absolute Gasteiger partial charge is 1.00 e. The van der Waals surface area contributed by atoms with Crippen LogP contribution < -0.4 is 69.3 Å². The zero-order valence-electron chi connectivity index (χ0n) is 15.3. The van der Waals surface area contributed by atoms with Crippen LogP contribution in [0.1, 0.15) is 0 Å². The molecule has 0 aliphatic carbocycles. The van der Waals surface area contributed by atoms with Crippen LogP contribution in [0, 0.1) is 0 Å². The van der Waals surface area contributed by atoms with Crippen LogP contribution in [0.3, 0.4) is 0 Å². The zero-order chi connectivity index (χ0) is 23.2. The summed E-state index contributed by atoms with van der Waals surface area (Å²) in [5.41, 5.74) is 0. The average Bonchev–Trinajstić information content (AvgIpc) is 2.57. The van der Waals surface area contributed by atoms with Crippen molar-refractivity contribution in [3.05, 3.63) is 12.2 Å². The fourth-order valence-electron chi connectivity index (χ4n) is 0.676. The first kappa shape index (κ1) is 38.9. The number of carbonyl (C=O) groups excluding carboxylic acids is 2. The molecule has 0 saturated heterocycles. The number of rotatable bonds is 8. The average molecular weight is 460 g/mol. The van der Waals surface area contributed by atoms with Crippen LogP contribution >= 0.6 is 0 Å². The van der Waals surface area contributed by atoms with Crippen molar-refractivity contribution in [2.24, 2.45) is 0 Å². The second kappa shape index (κ2) is 20.7. The van der Waals surface area contributed by atoms with Gasteiger partial charge >= 0.3 is 83.0 Å². The Hall–Kier alpha value is -1.60. The Kier molecular flexibility index (Phi) is 26.8. The minimum Gasteiger partial charge on any atom is -0.545 e. The van der Waals surface area contributed by atoms with Crippen molar-refractivity contribution in [2.45, 2.75) is 24.4 Å². The molecular weight excluding hydrogens is 446 g/mol. The van der Waals surface area contributed by atoms with Crippen LogP contribution in [-0.2, 0) is 28.8 Å². The number of carboxylic acid groups (broad SMARTS) is 6. The van der Waals surface area contributed by atoms with E-state index in [1.165, 1.54) is 0 Å². The fraction of sp³-hybridized carbons (Fsp3) is 0.333. The van der Waals surface area contributed by atoms with Gasteiger partial charge in [0.05, 0.1) is 11.9 Å². The Balaban J connectivity index is -0.000000102. The molecule has 16 nitrogen and oxygen atoms in total. The summed E-state index contributed by atoms with van der Waals surface area (Å²) in [4.78, 5) is 57.9. The van der Waals surface area contributed by atoms with Gasteiger partial charge in [-0.2, -0.15) is 0 Å². The minimum atomic E-state index is -2.27. The van der Waals surface area contributed by atoms with Crippen LogP contribution in [0.2, 0.25) is 0 Å². The predicted octanol–water partition coefficient (Wildman–Crippen LogP) is -13.2. The summed E-state index contributed by atoms with van der Waals surface area (Å²) in [6, 6.07) is 0. The van der Waals surface area contributed by atoms with Crippen molar-refractivity contribution < 1.29 is 139 Å². The second-order valence-corrected chi connectivity index (χ2v) is 4.10. The molecule has 0 radical (unpaired) electrons. The van der Waals surface area contributed by atoms with Gasteiger partial charge in [0.2, 0.25) is 0 Å². The van der Waals surface area contributed by atoms with Crippen molar-refractivity contribution in [1.29, 1.82) is 0 Å². The van der Waals surface area contributed by atoms with E-state index in [9.17, 15) is 39.0 Å². The summed E-state index contributed by atoms with van der Waals surface area (Å²) in [7, 11) is 0. The molecule has 0 aromatic carbocycles. The first-order valence-corrected chi connectivity index (χ1v) is 6.29. The Labute approximate surface area is 210 Å². The molecule has 0 heterocycles. The molecule has 8 N–H and O–H groups in total. The number of aliphatic hydroxyl groups excluding tert-OH is 4. The number of hydrogen-bond donors (Lipinski definition) is 8. The first-order valence-electron chi connectivity index (χ1n) is 6.29. The van der Waals surface area contributed by atoms with Gasteiger partial charge in [0.1, 0.15) is 0 Å². The zero-order valence-corrected chi connectivity index (χ0v) is 19.3. The third-order valence-electron chi connectivity index (χ3n) is 1.97. The van der Waals surface area contributed by atoms with Gasteiger partial charge in [-0.25, -0.2) is 19.2 Å². The van der Waals surface area contributed by atoms with Gasteiger partial charge in [0, 0.05) is 0 Å². The van der Waals surface area contributed by atoms with Gasteiger partial charge in [0.15, 0.2) is 24.4 Å². The normalized spacial score (nSPS) is 13.1. The summed E-state index contributed by atoms with van der Waals surface area (Å²) in [6.07, 6.45) is -8.30. The van der Waals surface area contributed by atoms with E-state index in [-0.39, 0.29) is 59.1 Å². The molecule has 0 aromatic heterocycles. The summed E-state index contributed by atoms with van der Waals surface area (Å²) >= 11 is 0. The van der Waals surface area contributed by atoms with Crippen LogP contribution in [0.15, 0.2) is 12.2 Å². The number of carbonyl (C=O) groups is 6. The van der Waals surface area contributed by atoms with Crippen LogP contribution in [-0.4, -0.2) is 101 Å². The van der Waals surface area contributed by atoms with E-state index in [1.54, 1.807) is 0 Å². The van der Waals surface area contributed by atoms with Gasteiger partial charge in [-0.3, -0.25) is 0 Å². The molecule has 4 unspecified atom stereocenters. The SMILES string of the molecule is O=C(O)C(O)C(O)C(=O)O.O=C(O)C(O)C(O)C(=O)O.O=C([O-])/C=C\C(=O)[O-].[Na+].[Na+]. The Bertz CT molecular complexity index is 529. The predicted molar refractivity (Wildman–Crippen MR) is 73.7 cm³/mol. The maximum absolute atomic E-state index is 9.77. The van der Waals surface area contributed by atoms with Crippen LogP contribution in [0.5, 0.6) is 0 Å². The van der Waals surface area contributed by atoms with E-state index < -0.39 is 60.2 Å². The Morgan fingerprint density at radius 1 is 0.500 bits per heavy atom. The van der Waals surface area contributed by atoms with Crippen molar-refractivity contribution in [3.63, 3.8) is 0 Å². The number of aliphatic hydroxyl groups is 4. The molecule has 0 spiro atoms. The van der Waals surface area contributed by atoms with E-state index in [1.807, 2.05) is 0 Å². The molecular formula is C12H14Na2O16. The molecule has 4 atom stereocenters. The van der Waals surface area contributed by atoms with E-state index in [0.29, 0.717) is 12.2 Å². The molecule has 0 rings (SSSR count). The molecule has 160 valence electrons. The number of carboxylic acids is 6. The number of aliphatic carboxylic acids is 6. The third-order valence-corrected chi connectivity index (χ3v) is 1.97. The molecule has 0 aliphatic heterocycles. The Morgan fingerprint density at radius 3 is 0.700 bits per heavy atom. The van der Waals surface area contributed by atoms with Crippen molar-refractivity contribution in [1.82, 2.24) is 0 Å². The van der Waals surface area contributed by atoms with Gasteiger partial charge in [-0.05, 0) is 12.2 Å². The van der Waals surface area contributed by atoms with E-state index in [0.717, 1.165) is 0 Å². The molecule has 0 fully saturated rings. The molecule has 0 aromatic rings. The quantitative estimate of drug-likeness (QED) is 0.123. The summed E-state index contributed by atoms with van der Waals surface area (Å²) in [5, 5.41) is 83.9. The van der Waals surface area contributed by atoms with Crippen LogP contribution in [0.25, 0.3) is 0 Å². The molecule has 18 heteroatoms. The molecule has 0 saturated carbocycles. The van der Waals surface area contributed by atoms with Crippen molar-refractivity contribution in [3.8, 4) is 0 Å². The standard InChI is InChI=1S/2C4H6O6.C4H4O4.2Na/c2*5-1(3(7)8)2(6)4(9)10;5-3(6)1-2-4(7)8;;/h2*1-2,5-6H,(H,7,8)(H,9,10);1-2H,(H,5,6)(H,7,8);;/q;;;2*+1/p-2/b;;2-1-;;. The minimum absolute atomic E-state index is 0. The van der Waals surface area contributed by atoms with Gasteiger partial charge in [0.25, 0.3) is 0 Å². The van der Waals surface area contributed by atoms with E-state index in [4.69, 9.17) is 40.9 Å². The fourth-order valence-corrected chi connectivity index (χ4v) is 0.676. The molecule has 30 heavy (non-hydrogen) atoms. The summed E-state index contributed by atoms with van der Waals surface area (Å²) < 4.78 is 0. The monoisotopic (exact) mass is 460 g/mol. The second-order valence-electron chi connectivity index (χ2n) is 4.10. The number of hydrogen-bond acceptors (Lipinski definition) is 12. The maximum atomic E-state index is 9.77. The van der Waals surface area contributed by atoms with Crippen molar-refractivity contribution in [2.75, 3.05) is 0 Å². The molecule has 0 amide bonds. The van der Waals surface area contributed by atoms with Gasteiger partial charge < -0.3 is 60.7 Å². The summed E-state index contributed by atoms with van der Waals surface area (Å²) in [6.45, 7) is 0. The maximum Gasteiger partial charge on any atom is 1.00 e. The first-order chi connectivity index (χ1) is 12.6. The molecule has 0 aliphatic rings. The topological polar surface area (TPSA) is 310 Å². The molecule has 0 bridgehead atoms. The van der Waals surface area contributed by atoms with E-state index in [2.05, 4.69) is 0 Å². The van der Waals surface area contributed by atoms with E-state index >= 15 is 0 Å². The summed E-state index contributed by atoms with van der Waals surface area (Å²) in [5.74, 6) is -10.2. The smallest absolute Gasteiger partial charge is 0.545 e. The van der Waals surface area contributed by atoms with Crippen LogP contribution in [0.4, 0.5) is 0 Å².